The molecule has 34 heavy (non-hydrogen) atoms. The van der Waals surface area contributed by atoms with Crippen molar-refractivity contribution in [2.45, 2.75) is 51.7 Å². The van der Waals surface area contributed by atoms with E-state index in [-0.39, 0.29) is 24.3 Å². The molecule has 0 aromatic heterocycles. The van der Waals surface area contributed by atoms with E-state index in [1.54, 1.807) is 17.0 Å². The Morgan fingerprint density at radius 1 is 0.853 bits per heavy atom. The van der Waals surface area contributed by atoms with Gasteiger partial charge >= 0.3 is 0 Å². The molecule has 0 aliphatic heterocycles. The summed E-state index contributed by atoms with van der Waals surface area (Å²) in [5.74, 6) is -0.270. The number of halogens is 2. The Morgan fingerprint density at radius 2 is 1.50 bits per heavy atom. The highest BCUT2D eigenvalue weighted by molar-refractivity contribution is 6.31. The van der Waals surface area contributed by atoms with Gasteiger partial charge in [0.05, 0.1) is 0 Å². The second kappa shape index (κ2) is 12.6. The van der Waals surface area contributed by atoms with Gasteiger partial charge in [0.15, 0.2) is 0 Å². The molecule has 0 radical (unpaired) electrons. The van der Waals surface area contributed by atoms with E-state index in [9.17, 15) is 9.59 Å². The second-order valence-corrected chi connectivity index (χ2v) is 9.45. The zero-order valence-electron chi connectivity index (χ0n) is 19.5. The van der Waals surface area contributed by atoms with Crippen LogP contribution in [0.1, 0.15) is 37.0 Å². The topological polar surface area (TPSA) is 49.4 Å². The van der Waals surface area contributed by atoms with Gasteiger partial charge in [-0.05, 0) is 55.2 Å². The molecular weight excluding hydrogens is 467 g/mol. The fourth-order valence-corrected chi connectivity index (χ4v) is 4.16. The summed E-state index contributed by atoms with van der Waals surface area (Å²) >= 11 is 12.4. The van der Waals surface area contributed by atoms with E-state index >= 15 is 0 Å². The predicted molar refractivity (Wildman–Crippen MR) is 139 cm³/mol. The molecule has 0 aliphatic carbocycles. The van der Waals surface area contributed by atoms with E-state index in [0.717, 1.165) is 16.7 Å². The van der Waals surface area contributed by atoms with Gasteiger partial charge in [-0.15, -0.1) is 0 Å². The molecule has 0 unspecified atom stereocenters. The molecule has 3 aromatic carbocycles. The van der Waals surface area contributed by atoms with Crippen LogP contribution < -0.4 is 5.32 Å². The zero-order chi connectivity index (χ0) is 24.5. The predicted octanol–water partition coefficient (Wildman–Crippen LogP) is 6.09. The highest BCUT2D eigenvalue weighted by atomic mass is 35.5. The first-order valence-corrected chi connectivity index (χ1v) is 12.2. The van der Waals surface area contributed by atoms with Crippen molar-refractivity contribution in [3.05, 3.63) is 106 Å². The molecule has 0 heterocycles. The molecule has 1 atom stereocenters. The smallest absolute Gasteiger partial charge is 0.243 e. The van der Waals surface area contributed by atoms with Gasteiger partial charge in [-0.2, -0.15) is 0 Å². The van der Waals surface area contributed by atoms with E-state index in [4.69, 9.17) is 23.2 Å². The third kappa shape index (κ3) is 7.61. The maximum absolute atomic E-state index is 13.6. The molecule has 0 fully saturated rings. The van der Waals surface area contributed by atoms with Crippen molar-refractivity contribution < 1.29 is 9.59 Å². The molecule has 1 N–H and O–H groups in total. The summed E-state index contributed by atoms with van der Waals surface area (Å²) in [6.07, 6.45) is 1.17. The number of amides is 2. The molecule has 3 rings (SSSR count). The van der Waals surface area contributed by atoms with Crippen LogP contribution in [-0.2, 0) is 29.0 Å². The third-order valence-electron chi connectivity index (χ3n) is 5.53. The molecule has 3 aromatic rings. The van der Waals surface area contributed by atoms with E-state index in [1.807, 2.05) is 80.6 Å². The van der Waals surface area contributed by atoms with Crippen LogP contribution in [0.15, 0.2) is 78.9 Å². The van der Waals surface area contributed by atoms with Crippen LogP contribution >= 0.6 is 23.2 Å². The minimum atomic E-state index is -0.653. The number of hydrogen-bond acceptors (Lipinski definition) is 2. The standard InChI is InChI=1S/C28H30Cl2N2O2/c1-20(2)31-28(34)26(18-21-8-4-3-5-9-21)32(19-22-12-15-24(29)16-13-22)27(33)17-14-23-10-6-7-11-25(23)30/h3-13,15-16,20,26H,14,17-19H2,1-2H3,(H,31,34)/t26-/m0/s1. The van der Waals surface area contributed by atoms with E-state index in [2.05, 4.69) is 5.32 Å². The lowest BCUT2D eigenvalue weighted by atomic mass is 10.0. The molecular formula is C28H30Cl2N2O2. The monoisotopic (exact) mass is 496 g/mol. The summed E-state index contributed by atoms with van der Waals surface area (Å²) in [7, 11) is 0. The summed E-state index contributed by atoms with van der Waals surface area (Å²) in [6, 6.07) is 24.0. The lowest BCUT2D eigenvalue weighted by Crippen LogP contribution is -2.51. The summed E-state index contributed by atoms with van der Waals surface area (Å²) in [5, 5.41) is 4.26. The van der Waals surface area contributed by atoms with Crippen LogP contribution in [0.2, 0.25) is 10.0 Å². The van der Waals surface area contributed by atoms with Gasteiger partial charge in [-0.3, -0.25) is 9.59 Å². The molecule has 6 heteroatoms. The molecule has 0 saturated carbocycles. The Hall–Kier alpha value is -2.82. The van der Waals surface area contributed by atoms with Gasteiger partial charge in [-0.25, -0.2) is 0 Å². The van der Waals surface area contributed by atoms with Crippen molar-refractivity contribution in [3.63, 3.8) is 0 Å². The summed E-state index contributed by atoms with van der Waals surface area (Å²) in [6.45, 7) is 4.14. The highest BCUT2D eigenvalue weighted by Crippen LogP contribution is 2.20. The molecule has 0 saturated heterocycles. The summed E-state index contributed by atoms with van der Waals surface area (Å²) in [5.41, 5.74) is 2.81. The quantitative estimate of drug-likeness (QED) is 0.369. The zero-order valence-corrected chi connectivity index (χ0v) is 21.0. The lowest BCUT2D eigenvalue weighted by molar-refractivity contribution is -0.141. The largest absolute Gasteiger partial charge is 0.352 e. The van der Waals surface area contributed by atoms with Crippen molar-refractivity contribution in [2.75, 3.05) is 0 Å². The first-order valence-electron chi connectivity index (χ1n) is 11.4. The molecule has 0 bridgehead atoms. The maximum atomic E-state index is 13.6. The molecule has 178 valence electrons. The van der Waals surface area contributed by atoms with Crippen LogP contribution in [0.25, 0.3) is 0 Å². The van der Waals surface area contributed by atoms with Gasteiger partial charge in [0.25, 0.3) is 0 Å². The summed E-state index contributed by atoms with van der Waals surface area (Å²) in [4.78, 5) is 28.6. The van der Waals surface area contributed by atoms with Crippen LogP contribution in [0, 0.1) is 0 Å². The molecule has 0 aliphatic rings. The first-order chi connectivity index (χ1) is 16.3. The van der Waals surface area contributed by atoms with Gasteiger partial charge in [-0.1, -0.05) is 83.9 Å². The van der Waals surface area contributed by atoms with E-state index < -0.39 is 6.04 Å². The van der Waals surface area contributed by atoms with Crippen LogP contribution in [-0.4, -0.2) is 28.8 Å². The minimum Gasteiger partial charge on any atom is -0.352 e. The number of carbonyl (C=O) groups excluding carboxylic acids is 2. The Balaban J connectivity index is 1.91. The van der Waals surface area contributed by atoms with E-state index in [1.165, 1.54) is 0 Å². The number of nitrogens with one attached hydrogen (secondary N) is 1. The second-order valence-electron chi connectivity index (χ2n) is 8.61. The normalized spacial score (nSPS) is 11.8. The van der Waals surface area contributed by atoms with Crippen molar-refractivity contribution in [2.24, 2.45) is 0 Å². The Morgan fingerprint density at radius 3 is 2.15 bits per heavy atom. The van der Waals surface area contributed by atoms with Crippen molar-refractivity contribution in [3.8, 4) is 0 Å². The Labute approximate surface area is 211 Å². The highest BCUT2D eigenvalue weighted by Gasteiger charge is 2.30. The fraction of sp³-hybridized carbons (Fsp3) is 0.286. The number of benzene rings is 3. The first kappa shape index (κ1) is 25.8. The average molecular weight is 497 g/mol. The number of hydrogen-bond donors (Lipinski definition) is 1. The van der Waals surface area contributed by atoms with Gasteiger partial charge in [0.2, 0.25) is 11.8 Å². The fourth-order valence-electron chi connectivity index (χ4n) is 3.81. The van der Waals surface area contributed by atoms with Crippen LogP contribution in [0.3, 0.4) is 0 Å². The van der Waals surface area contributed by atoms with Crippen LogP contribution in [0.4, 0.5) is 0 Å². The maximum Gasteiger partial charge on any atom is 0.243 e. The van der Waals surface area contributed by atoms with Crippen molar-refractivity contribution in [1.29, 1.82) is 0 Å². The number of carbonyl (C=O) groups is 2. The molecule has 4 nitrogen and oxygen atoms in total. The van der Waals surface area contributed by atoms with Crippen molar-refractivity contribution >= 4 is 35.0 Å². The lowest BCUT2D eigenvalue weighted by Gasteiger charge is -2.32. The number of rotatable bonds is 10. The van der Waals surface area contributed by atoms with Gasteiger partial charge in [0.1, 0.15) is 6.04 Å². The Kier molecular flexibility index (Phi) is 9.55. The van der Waals surface area contributed by atoms with Crippen LogP contribution in [0.5, 0.6) is 0 Å². The van der Waals surface area contributed by atoms with Gasteiger partial charge < -0.3 is 10.2 Å². The molecule has 0 spiro atoms. The number of nitrogens with zero attached hydrogens (tertiary/aromatic N) is 1. The van der Waals surface area contributed by atoms with Gasteiger partial charge in [0, 0.05) is 35.5 Å². The average Bonchev–Trinajstić information content (AvgIpc) is 2.82. The van der Waals surface area contributed by atoms with E-state index in [0.29, 0.717) is 29.4 Å². The molecule has 2 amide bonds. The number of aryl methyl sites for hydroxylation is 1. The third-order valence-corrected chi connectivity index (χ3v) is 6.15. The Bertz CT molecular complexity index is 1090. The minimum absolute atomic E-state index is 0.0404. The van der Waals surface area contributed by atoms with Crippen molar-refractivity contribution in [1.82, 2.24) is 10.2 Å². The SMILES string of the molecule is CC(C)NC(=O)[C@H](Cc1ccccc1)N(Cc1ccc(Cl)cc1)C(=O)CCc1ccccc1Cl. The summed E-state index contributed by atoms with van der Waals surface area (Å²) < 4.78 is 0.